The van der Waals surface area contributed by atoms with E-state index in [0.29, 0.717) is 30.3 Å². The highest BCUT2D eigenvalue weighted by molar-refractivity contribution is 6.30. The maximum atomic E-state index is 6.06. The van der Waals surface area contributed by atoms with Crippen molar-refractivity contribution in [3.63, 3.8) is 0 Å². The van der Waals surface area contributed by atoms with E-state index in [1.807, 2.05) is 6.07 Å². The van der Waals surface area contributed by atoms with E-state index in [9.17, 15) is 0 Å². The van der Waals surface area contributed by atoms with Crippen LogP contribution in [0.15, 0.2) is 12.1 Å². The van der Waals surface area contributed by atoms with Crippen molar-refractivity contribution in [3.8, 4) is 11.5 Å². The van der Waals surface area contributed by atoms with Gasteiger partial charge < -0.3 is 19.9 Å². The number of methoxy groups -OCH3 is 1. The summed E-state index contributed by atoms with van der Waals surface area (Å²) in [5.41, 5.74) is 6.60. The van der Waals surface area contributed by atoms with Gasteiger partial charge in [-0.25, -0.2) is 0 Å². The van der Waals surface area contributed by atoms with Crippen LogP contribution in [0.4, 0.5) is 0 Å². The predicted octanol–water partition coefficient (Wildman–Crippen LogP) is 2.41. The molecule has 2 N–H and O–H groups in total. The maximum absolute atomic E-state index is 6.06. The summed E-state index contributed by atoms with van der Waals surface area (Å²) in [6, 6.07) is 3.63. The molecule has 1 aliphatic rings. The highest BCUT2D eigenvalue weighted by Crippen LogP contribution is 2.35. The van der Waals surface area contributed by atoms with Gasteiger partial charge >= 0.3 is 0 Å². The summed E-state index contributed by atoms with van der Waals surface area (Å²) in [7, 11) is 1.61. The molecule has 0 bridgehead atoms. The summed E-state index contributed by atoms with van der Waals surface area (Å²) in [4.78, 5) is 0. The summed E-state index contributed by atoms with van der Waals surface area (Å²) in [5.74, 6) is 1.38. The van der Waals surface area contributed by atoms with E-state index in [1.165, 1.54) is 0 Å². The molecular weight excluding hydrogens is 266 g/mol. The van der Waals surface area contributed by atoms with Crippen molar-refractivity contribution in [2.24, 2.45) is 5.73 Å². The quantitative estimate of drug-likeness (QED) is 0.872. The van der Waals surface area contributed by atoms with Crippen LogP contribution in [0.3, 0.4) is 0 Å². The molecule has 1 aromatic rings. The lowest BCUT2D eigenvalue weighted by Crippen LogP contribution is -2.17. The minimum Gasteiger partial charge on any atom is -0.493 e. The Hall–Kier alpha value is -0.970. The average Bonchev–Trinajstić information content (AvgIpc) is 2.90. The van der Waals surface area contributed by atoms with Crippen molar-refractivity contribution in [2.45, 2.75) is 25.4 Å². The third kappa shape index (κ3) is 3.75. The lowest BCUT2D eigenvalue weighted by molar-refractivity contribution is 0.0666. The molecule has 1 atom stereocenters. The molecule has 0 radical (unpaired) electrons. The van der Waals surface area contributed by atoms with Gasteiger partial charge in [0.05, 0.1) is 13.2 Å². The fourth-order valence-electron chi connectivity index (χ4n) is 2.23. The van der Waals surface area contributed by atoms with E-state index in [-0.39, 0.29) is 6.10 Å². The molecule has 0 aromatic heterocycles. The van der Waals surface area contributed by atoms with E-state index in [2.05, 4.69) is 0 Å². The molecule has 0 aliphatic carbocycles. The second kappa shape index (κ2) is 6.98. The Bertz CT molecular complexity index is 419. The molecule has 5 heteroatoms. The van der Waals surface area contributed by atoms with Crippen LogP contribution in [0, 0.1) is 0 Å². The van der Waals surface area contributed by atoms with Gasteiger partial charge in [0.25, 0.3) is 0 Å². The number of rotatable bonds is 6. The van der Waals surface area contributed by atoms with Gasteiger partial charge in [0.1, 0.15) is 6.61 Å². The fraction of sp³-hybridized carbons (Fsp3) is 0.571. The second-order valence-corrected chi connectivity index (χ2v) is 5.02. The Morgan fingerprint density at radius 1 is 1.47 bits per heavy atom. The molecule has 1 aliphatic heterocycles. The normalized spacial score (nSPS) is 18.6. The Kier molecular flexibility index (Phi) is 5.31. The lowest BCUT2D eigenvalue weighted by Gasteiger charge is -2.17. The largest absolute Gasteiger partial charge is 0.493 e. The Morgan fingerprint density at radius 3 is 2.95 bits per heavy atom. The Balaban J connectivity index is 2.14. The fourth-order valence-corrected chi connectivity index (χ4v) is 2.46. The van der Waals surface area contributed by atoms with Crippen LogP contribution in [0.1, 0.15) is 18.4 Å². The summed E-state index contributed by atoms with van der Waals surface area (Å²) in [6.45, 7) is 1.90. The van der Waals surface area contributed by atoms with Gasteiger partial charge in [-0.3, -0.25) is 0 Å². The van der Waals surface area contributed by atoms with Gasteiger partial charge in [0.15, 0.2) is 11.5 Å². The number of benzene rings is 1. The molecule has 0 amide bonds. The average molecular weight is 286 g/mol. The van der Waals surface area contributed by atoms with Crippen LogP contribution in [0.25, 0.3) is 0 Å². The summed E-state index contributed by atoms with van der Waals surface area (Å²) >= 11 is 6.06. The van der Waals surface area contributed by atoms with Gasteiger partial charge in [-0.1, -0.05) is 11.6 Å². The molecule has 0 spiro atoms. The highest BCUT2D eigenvalue weighted by atomic mass is 35.5. The summed E-state index contributed by atoms with van der Waals surface area (Å²) in [5, 5.41) is 0.629. The van der Waals surface area contributed by atoms with E-state index in [0.717, 1.165) is 30.8 Å². The van der Waals surface area contributed by atoms with Gasteiger partial charge in [-0.05, 0) is 31.9 Å². The number of halogens is 1. The third-order valence-electron chi connectivity index (χ3n) is 3.17. The zero-order valence-corrected chi connectivity index (χ0v) is 11.9. The first kappa shape index (κ1) is 14.4. The van der Waals surface area contributed by atoms with Crippen LogP contribution in [0.2, 0.25) is 5.02 Å². The monoisotopic (exact) mass is 285 g/mol. The van der Waals surface area contributed by atoms with Crippen molar-refractivity contribution in [2.75, 3.05) is 26.9 Å². The van der Waals surface area contributed by atoms with Gasteiger partial charge in [-0.2, -0.15) is 0 Å². The van der Waals surface area contributed by atoms with Crippen LogP contribution >= 0.6 is 11.6 Å². The van der Waals surface area contributed by atoms with Crippen molar-refractivity contribution >= 4 is 11.6 Å². The molecule has 4 nitrogen and oxygen atoms in total. The molecular formula is C14H20ClNO3. The standard InChI is InChI=1S/C14H20ClNO3/c1-17-13-8-11(15)7-10(4-5-16)14(13)19-9-12-3-2-6-18-12/h7-8,12H,2-6,9,16H2,1H3. The predicted molar refractivity (Wildman–Crippen MR) is 75.2 cm³/mol. The van der Waals surface area contributed by atoms with Crippen molar-refractivity contribution < 1.29 is 14.2 Å². The van der Waals surface area contributed by atoms with E-state index in [4.69, 9.17) is 31.5 Å². The number of nitrogens with two attached hydrogens (primary N) is 1. The first-order valence-electron chi connectivity index (χ1n) is 6.55. The molecule has 1 unspecified atom stereocenters. The second-order valence-electron chi connectivity index (χ2n) is 4.58. The molecule has 2 rings (SSSR count). The smallest absolute Gasteiger partial charge is 0.164 e. The molecule has 1 heterocycles. The first-order chi connectivity index (χ1) is 9.24. The number of ether oxygens (including phenoxy) is 3. The van der Waals surface area contributed by atoms with Crippen molar-refractivity contribution in [1.29, 1.82) is 0 Å². The number of hydrogen-bond donors (Lipinski definition) is 1. The van der Waals surface area contributed by atoms with Crippen LogP contribution in [-0.2, 0) is 11.2 Å². The SMILES string of the molecule is COc1cc(Cl)cc(CCN)c1OCC1CCCO1. The molecule has 106 valence electrons. The van der Waals surface area contributed by atoms with Crippen LogP contribution < -0.4 is 15.2 Å². The zero-order valence-electron chi connectivity index (χ0n) is 11.2. The molecule has 1 fully saturated rings. The summed E-state index contributed by atoms with van der Waals surface area (Å²) in [6.07, 6.45) is 3.02. The Labute approximate surface area is 118 Å². The van der Waals surface area contributed by atoms with E-state index < -0.39 is 0 Å². The van der Waals surface area contributed by atoms with Gasteiger partial charge in [-0.15, -0.1) is 0 Å². The van der Waals surface area contributed by atoms with Crippen molar-refractivity contribution in [3.05, 3.63) is 22.7 Å². The van der Waals surface area contributed by atoms with Crippen LogP contribution in [-0.4, -0.2) is 33.0 Å². The molecule has 1 aromatic carbocycles. The summed E-state index contributed by atoms with van der Waals surface area (Å²) < 4.78 is 16.8. The topological polar surface area (TPSA) is 53.7 Å². The highest BCUT2D eigenvalue weighted by Gasteiger charge is 2.19. The molecule has 1 saturated heterocycles. The van der Waals surface area contributed by atoms with Gasteiger partial charge in [0.2, 0.25) is 0 Å². The Morgan fingerprint density at radius 2 is 2.32 bits per heavy atom. The maximum Gasteiger partial charge on any atom is 0.164 e. The molecule has 0 saturated carbocycles. The lowest BCUT2D eigenvalue weighted by atomic mass is 10.1. The minimum atomic E-state index is 0.172. The van der Waals surface area contributed by atoms with E-state index in [1.54, 1.807) is 13.2 Å². The van der Waals surface area contributed by atoms with Crippen molar-refractivity contribution in [1.82, 2.24) is 0 Å². The number of hydrogen-bond acceptors (Lipinski definition) is 4. The van der Waals surface area contributed by atoms with Crippen LogP contribution in [0.5, 0.6) is 11.5 Å². The zero-order chi connectivity index (χ0) is 13.7. The minimum absolute atomic E-state index is 0.172. The van der Waals surface area contributed by atoms with E-state index >= 15 is 0 Å². The first-order valence-corrected chi connectivity index (χ1v) is 6.93. The molecule has 19 heavy (non-hydrogen) atoms. The van der Waals surface area contributed by atoms with Gasteiger partial charge in [0, 0.05) is 23.3 Å². The third-order valence-corrected chi connectivity index (χ3v) is 3.39.